The van der Waals surface area contributed by atoms with Gasteiger partial charge in [-0.2, -0.15) is 0 Å². The molecular formula is C20H21NO6. The molecule has 0 radical (unpaired) electrons. The zero-order chi connectivity index (χ0) is 19.2. The van der Waals surface area contributed by atoms with Gasteiger partial charge < -0.3 is 24.3 Å². The van der Waals surface area contributed by atoms with Gasteiger partial charge in [-0.15, -0.1) is 0 Å². The number of carbonyl (C=O) groups is 2. The number of rotatable bonds is 6. The highest BCUT2D eigenvalue weighted by Crippen LogP contribution is 2.30. The Balaban J connectivity index is 1.46. The number of methoxy groups -OCH3 is 1. The second-order valence-electron chi connectivity index (χ2n) is 6.08. The van der Waals surface area contributed by atoms with Gasteiger partial charge in [0.05, 0.1) is 13.7 Å². The molecule has 1 N–H and O–H groups in total. The van der Waals surface area contributed by atoms with Crippen molar-refractivity contribution in [3.8, 4) is 17.2 Å². The smallest absolute Gasteiger partial charge is 0.342 e. The minimum Gasteiger partial charge on any atom is -0.496 e. The molecule has 0 aromatic heterocycles. The Hall–Kier alpha value is -3.22. The first kappa shape index (κ1) is 18.6. The Morgan fingerprint density at radius 3 is 2.74 bits per heavy atom. The van der Waals surface area contributed by atoms with Crippen molar-refractivity contribution in [1.82, 2.24) is 5.32 Å². The summed E-state index contributed by atoms with van der Waals surface area (Å²) in [6, 6.07) is 12.5. The van der Waals surface area contributed by atoms with Crippen LogP contribution in [0.15, 0.2) is 42.5 Å². The van der Waals surface area contributed by atoms with Gasteiger partial charge in [0, 0.05) is 0 Å². The topological polar surface area (TPSA) is 83.1 Å². The van der Waals surface area contributed by atoms with E-state index in [1.807, 2.05) is 31.2 Å². The fourth-order valence-corrected chi connectivity index (χ4v) is 2.63. The average molecular weight is 371 g/mol. The van der Waals surface area contributed by atoms with Crippen molar-refractivity contribution in [2.75, 3.05) is 26.9 Å². The number of ether oxygens (including phenoxy) is 4. The summed E-state index contributed by atoms with van der Waals surface area (Å²) >= 11 is 0. The van der Waals surface area contributed by atoms with E-state index in [1.165, 1.54) is 7.11 Å². The van der Waals surface area contributed by atoms with E-state index in [-0.39, 0.29) is 24.8 Å². The molecule has 3 rings (SSSR count). The van der Waals surface area contributed by atoms with E-state index >= 15 is 0 Å². The van der Waals surface area contributed by atoms with Gasteiger partial charge in [0.1, 0.15) is 24.0 Å². The van der Waals surface area contributed by atoms with E-state index in [9.17, 15) is 9.59 Å². The molecule has 0 saturated carbocycles. The van der Waals surface area contributed by atoms with E-state index in [2.05, 4.69) is 5.32 Å². The van der Waals surface area contributed by atoms with Crippen molar-refractivity contribution in [2.45, 2.75) is 13.0 Å². The van der Waals surface area contributed by atoms with Crippen molar-refractivity contribution in [3.05, 3.63) is 53.6 Å². The van der Waals surface area contributed by atoms with Gasteiger partial charge >= 0.3 is 5.97 Å². The second kappa shape index (κ2) is 8.44. The van der Waals surface area contributed by atoms with Crippen LogP contribution in [0.3, 0.4) is 0 Å². The number of esters is 1. The van der Waals surface area contributed by atoms with Crippen LogP contribution in [0.2, 0.25) is 0 Å². The lowest BCUT2D eigenvalue weighted by atomic mass is 10.1. The zero-order valence-electron chi connectivity index (χ0n) is 15.2. The van der Waals surface area contributed by atoms with Gasteiger partial charge in [-0.3, -0.25) is 4.79 Å². The van der Waals surface area contributed by atoms with Crippen LogP contribution in [0.5, 0.6) is 17.2 Å². The third kappa shape index (κ3) is 4.69. The summed E-state index contributed by atoms with van der Waals surface area (Å²) in [5.41, 5.74) is 1.17. The van der Waals surface area contributed by atoms with Crippen LogP contribution < -0.4 is 19.5 Å². The summed E-state index contributed by atoms with van der Waals surface area (Å²) < 4.78 is 21.6. The van der Waals surface area contributed by atoms with Crippen LogP contribution in [0.1, 0.15) is 15.9 Å². The first-order chi connectivity index (χ1) is 13.1. The number of para-hydroxylation sites is 2. The summed E-state index contributed by atoms with van der Waals surface area (Å²) in [5.74, 6) is 0.689. The summed E-state index contributed by atoms with van der Waals surface area (Å²) in [5, 5.41) is 2.68. The highest BCUT2D eigenvalue weighted by Gasteiger charge is 2.21. The molecule has 7 heteroatoms. The minimum absolute atomic E-state index is 0.248. The Kier molecular flexibility index (Phi) is 5.80. The lowest BCUT2D eigenvalue weighted by Gasteiger charge is -2.26. The standard InChI is InChI=1S/C20H21NO6/c1-13-7-8-16(24-2)15(9-13)20(23)26-12-19(22)21-10-14-11-25-17-5-3-4-6-18(17)27-14/h3-9,14H,10-12H2,1-2H3,(H,21,22). The Bertz CT molecular complexity index is 835. The molecule has 142 valence electrons. The SMILES string of the molecule is COc1ccc(C)cc1C(=O)OCC(=O)NCC1COc2ccccc2O1. The van der Waals surface area contributed by atoms with Gasteiger partial charge in [0.15, 0.2) is 18.1 Å². The Labute approximate surface area is 157 Å². The maximum atomic E-state index is 12.2. The quantitative estimate of drug-likeness (QED) is 0.783. The normalized spacial score (nSPS) is 15.0. The number of hydrogen-bond acceptors (Lipinski definition) is 6. The van der Waals surface area contributed by atoms with E-state index < -0.39 is 11.9 Å². The van der Waals surface area contributed by atoms with Gasteiger partial charge in [0.2, 0.25) is 0 Å². The van der Waals surface area contributed by atoms with E-state index in [4.69, 9.17) is 18.9 Å². The second-order valence-corrected chi connectivity index (χ2v) is 6.08. The van der Waals surface area contributed by atoms with Gasteiger partial charge in [-0.1, -0.05) is 23.8 Å². The molecular weight excluding hydrogens is 350 g/mol. The minimum atomic E-state index is -0.614. The van der Waals surface area contributed by atoms with E-state index in [1.54, 1.807) is 18.2 Å². The fraction of sp³-hybridized carbons (Fsp3) is 0.300. The number of carbonyl (C=O) groups excluding carboxylic acids is 2. The van der Waals surface area contributed by atoms with Crippen LogP contribution in [0, 0.1) is 6.92 Å². The van der Waals surface area contributed by atoms with Crippen molar-refractivity contribution in [2.24, 2.45) is 0 Å². The van der Waals surface area contributed by atoms with Crippen LogP contribution >= 0.6 is 0 Å². The average Bonchev–Trinajstić information content (AvgIpc) is 2.70. The summed E-state index contributed by atoms with van der Waals surface area (Å²) in [6.45, 7) is 2.05. The molecule has 2 aromatic carbocycles. The molecule has 1 aliphatic rings. The van der Waals surface area contributed by atoms with Gasteiger partial charge in [0.25, 0.3) is 5.91 Å². The lowest BCUT2D eigenvalue weighted by molar-refractivity contribution is -0.124. The van der Waals surface area contributed by atoms with Crippen molar-refractivity contribution in [3.63, 3.8) is 0 Å². The fourth-order valence-electron chi connectivity index (χ4n) is 2.63. The van der Waals surface area contributed by atoms with E-state index in [0.717, 1.165) is 5.56 Å². The van der Waals surface area contributed by atoms with Crippen molar-refractivity contribution < 1.29 is 28.5 Å². The lowest BCUT2D eigenvalue weighted by Crippen LogP contribution is -2.42. The molecule has 2 aromatic rings. The number of amides is 1. The summed E-state index contributed by atoms with van der Waals surface area (Å²) in [6.07, 6.45) is -0.309. The van der Waals surface area contributed by atoms with Crippen molar-refractivity contribution >= 4 is 11.9 Å². The van der Waals surface area contributed by atoms with Crippen LogP contribution in [0.25, 0.3) is 0 Å². The van der Waals surface area contributed by atoms with Crippen molar-refractivity contribution in [1.29, 1.82) is 0 Å². The van der Waals surface area contributed by atoms with Crippen LogP contribution in [-0.4, -0.2) is 44.8 Å². The molecule has 27 heavy (non-hydrogen) atoms. The van der Waals surface area contributed by atoms with Crippen LogP contribution in [-0.2, 0) is 9.53 Å². The molecule has 1 amide bonds. The summed E-state index contributed by atoms with van der Waals surface area (Å²) in [7, 11) is 1.47. The molecule has 0 saturated heterocycles. The molecule has 1 unspecified atom stereocenters. The monoisotopic (exact) mass is 371 g/mol. The maximum absolute atomic E-state index is 12.2. The molecule has 0 bridgehead atoms. The molecule has 1 atom stereocenters. The molecule has 0 spiro atoms. The molecule has 1 aliphatic heterocycles. The molecule has 1 heterocycles. The first-order valence-corrected chi connectivity index (χ1v) is 8.54. The molecule has 7 nitrogen and oxygen atoms in total. The largest absolute Gasteiger partial charge is 0.496 e. The number of fused-ring (bicyclic) bond motifs is 1. The number of aryl methyl sites for hydroxylation is 1. The van der Waals surface area contributed by atoms with Gasteiger partial charge in [-0.25, -0.2) is 4.79 Å². The van der Waals surface area contributed by atoms with Gasteiger partial charge in [-0.05, 0) is 31.2 Å². The van der Waals surface area contributed by atoms with Crippen LogP contribution in [0.4, 0.5) is 0 Å². The number of benzene rings is 2. The highest BCUT2D eigenvalue weighted by molar-refractivity contribution is 5.94. The third-order valence-corrected chi connectivity index (χ3v) is 4.00. The summed E-state index contributed by atoms with van der Waals surface area (Å²) in [4.78, 5) is 24.2. The highest BCUT2D eigenvalue weighted by atomic mass is 16.6. The predicted octanol–water partition coefficient (Wildman–Crippen LogP) is 2.12. The Morgan fingerprint density at radius 1 is 1.19 bits per heavy atom. The Morgan fingerprint density at radius 2 is 1.96 bits per heavy atom. The predicted molar refractivity (Wildman–Crippen MR) is 97.4 cm³/mol. The zero-order valence-corrected chi connectivity index (χ0v) is 15.2. The number of hydrogen-bond donors (Lipinski definition) is 1. The molecule has 0 aliphatic carbocycles. The first-order valence-electron chi connectivity index (χ1n) is 8.54. The van der Waals surface area contributed by atoms with E-state index in [0.29, 0.717) is 23.9 Å². The number of nitrogens with one attached hydrogen (secondary N) is 1. The maximum Gasteiger partial charge on any atom is 0.342 e. The third-order valence-electron chi connectivity index (χ3n) is 4.00. The molecule has 0 fully saturated rings.